The Bertz CT molecular complexity index is 387. The third-order valence-corrected chi connectivity index (χ3v) is 2.18. The zero-order valence-corrected chi connectivity index (χ0v) is 8.93. The summed E-state index contributed by atoms with van der Waals surface area (Å²) in [4.78, 5) is 22.3. The number of hydrogen-bond acceptors (Lipinski definition) is 3. The van der Waals surface area contributed by atoms with Gasteiger partial charge in [0, 0.05) is 11.3 Å². The van der Waals surface area contributed by atoms with Crippen molar-refractivity contribution in [3.8, 4) is 0 Å². The van der Waals surface area contributed by atoms with Crippen LogP contribution >= 0.6 is 0 Å². The molecular weight excluding hydrogens is 208 g/mol. The van der Waals surface area contributed by atoms with Crippen LogP contribution in [-0.4, -0.2) is 23.0 Å². The first-order valence-corrected chi connectivity index (χ1v) is 4.93. The normalized spacial score (nSPS) is 11.8. The number of hydrogen-bond donors (Lipinski definition) is 3. The van der Waals surface area contributed by atoms with Crippen molar-refractivity contribution in [2.45, 2.75) is 19.4 Å². The van der Waals surface area contributed by atoms with Gasteiger partial charge >= 0.3 is 5.97 Å². The topological polar surface area (TPSA) is 92.4 Å². The van der Waals surface area contributed by atoms with E-state index in [2.05, 4.69) is 5.32 Å². The largest absolute Gasteiger partial charge is 0.480 e. The second kappa shape index (κ2) is 5.16. The van der Waals surface area contributed by atoms with Crippen LogP contribution in [0.4, 0.5) is 5.69 Å². The minimum atomic E-state index is -1.04. The molecule has 16 heavy (non-hydrogen) atoms. The van der Waals surface area contributed by atoms with Crippen molar-refractivity contribution >= 4 is 17.6 Å². The first-order chi connectivity index (χ1) is 7.54. The average molecular weight is 222 g/mol. The van der Waals surface area contributed by atoms with Crippen molar-refractivity contribution in [3.63, 3.8) is 0 Å². The van der Waals surface area contributed by atoms with Crippen molar-refractivity contribution in [2.24, 2.45) is 0 Å². The van der Waals surface area contributed by atoms with E-state index < -0.39 is 17.9 Å². The lowest BCUT2D eigenvalue weighted by Crippen LogP contribution is -2.40. The molecule has 0 fully saturated rings. The van der Waals surface area contributed by atoms with Crippen LogP contribution < -0.4 is 11.1 Å². The highest BCUT2D eigenvalue weighted by Gasteiger charge is 2.18. The van der Waals surface area contributed by atoms with E-state index in [0.29, 0.717) is 17.7 Å². The Morgan fingerprint density at radius 3 is 2.38 bits per heavy atom. The Kier molecular flexibility index (Phi) is 3.88. The Morgan fingerprint density at radius 2 is 1.94 bits per heavy atom. The molecule has 1 aromatic rings. The molecule has 0 aliphatic rings. The number of nitrogen functional groups attached to an aromatic ring is 1. The first-order valence-electron chi connectivity index (χ1n) is 4.93. The molecule has 0 radical (unpaired) electrons. The first kappa shape index (κ1) is 12.0. The van der Waals surface area contributed by atoms with Crippen LogP contribution in [0.15, 0.2) is 24.3 Å². The number of aliphatic carboxylic acids is 1. The number of carboxylic acid groups (broad SMARTS) is 1. The predicted molar refractivity (Wildman–Crippen MR) is 60.0 cm³/mol. The number of amides is 1. The third-order valence-electron chi connectivity index (χ3n) is 2.18. The second-order valence-corrected chi connectivity index (χ2v) is 3.39. The lowest BCUT2D eigenvalue weighted by atomic mass is 10.1. The number of rotatable bonds is 4. The van der Waals surface area contributed by atoms with Crippen molar-refractivity contribution in [1.82, 2.24) is 5.32 Å². The van der Waals surface area contributed by atoms with Crippen LogP contribution in [0, 0.1) is 0 Å². The summed E-state index contributed by atoms with van der Waals surface area (Å²) in [7, 11) is 0. The molecule has 1 aromatic carbocycles. The summed E-state index contributed by atoms with van der Waals surface area (Å²) in [6.45, 7) is 1.70. The van der Waals surface area contributed by atoms with E-state index in [0.717, 1.165) is 0 Å². The zero-order valence-electron chi connectivity index (χ0n) is 8.93. The summed E-state index contributed by atoms with van der Waals surface area (Å²) >= 11 is 0. The summed E-state index contributed by atoms with van der Waals surface area (Å²) in [6.07, 6.45) is 0.343. The highest BCUT2D eigenvalue weighted by Crippen LogP contribution is 2.06. The third kappa shape index (κ3) is 2.98. The molecule has 0 saturated carbocycles. The molecule has 0 heterocycles. The van der Waals surface area contributed by atoms with Crippen LogP contribution in [0.25, 0.3) is 0 Å². The fourth-order valence-electron chi connectivity index (χ4n) is 1.21. The van der Waals surface area contributed by atoms with Crippen molar-refractivity contribution in [2.75, 3.05) is 5.73 Å². The number of nitrogens with two attached hydrogens (primary N) is 1. The second-order valence-electron chi connectivity index (χ2n) is 3.39. The number of carbonyl (C=O) groups is 2. The van der Waals surface area contributed by atoms with Crippen LogP contribution in [0.2, 0.25) is 0 Å². The number of carbonyl (C=O) groups excluding carboxylic acids is 1. The number of anilines is 1. The molecule has 0 bridgehead atoms. The SMILES string of the molecule is CC[C@H](NC(=O)c1ccc(N)cc1)C(=O)O. The van der Waals surface area contributed by atoms with Gasteiger partial charge < -0.3 is 16.2 Å². The van der Waals surface area contributed by atoms with Gasteiger partial charge in [-0.2, -0.15) is 0 Å². The lowest BCUT2D eigenvalue weighted by molar-refractivity contribution is -0.139. The summed E-state index contributed by atoms with van der Waals surface area (Å²) in [5.41, 5.74) is 6.43. The minimum Gasteiger partial charge on any atom is -0.480 e. The molecule has 0 saturated heterocycles. The molecule has 0 aromatic heterocycles. The van der Waals surface area contributed by atoms with Crippen molar-refractivity contribution < 1.29 is 14.7 Å². The monoisotopic (exact) mass is 222 g/mol. The molecule has 86 valence electrons. The Labute approximate surface area is 93.3 Å². The molecule has 5 heteroatoms. The molecule has 4 N–H and O–H groups in total. The fraction of sp³-hybridized carbons (Fsp3) is 0.273. The van der Waals surface area contributed by atoms with Crippen molar-refractivity contribution in [3.05, 3.63) is 29.8 Å². The van der Waals surface area contributed by atoms with Gasteiger partial charge in [0.1, 0.15) is 6.04 Å². The van der Waals surface area contributed by atoms with Gasteiger partial charge in [-0.15, -0.1) is 0 Å². The van der Waals surface area contributed by atoms with E-state index in [1.807, 2.05) is 0 Å². The Hall–Kier alpha value is -2.04. The highest BCUT2D eigenvalue weighted by molar-refractivity contribution is 5.96. The van der Waals surface area contributed by atoms with Crippen molar-refractivity contribution in [1.29, 1.82) is 0 Å². The maximum atomic E-state index is 11.6. The van der Waals surface area contributed by atoms with Crippen LogP contribution in [0.5, 0.6) is 0 Å². The minimum absolute atomic E-state index is 0.343. The van der Waals surface area contributed by atoms with Gasteiger partial charge in [-0.05, 0) is 30.7 Å². The molecule has 0 aliphatic carbocycles. The van der Waals surface area contributed by atoms with Gasteiger partial charge in [0.05, 0.1) is 0 Å². The van der Waals surface area contributed by atoms with Gasteiger partial charge in [0.2, 0.25) is 0 Å². The highest BCUT2D eigenvalue weighted by atomic mass is 16.4. The summed E-state index contributed by atoms with van der Waals surface area (Å²) in [5.74, 6) is -1.44. The van der Waals surface area contributed by atoms with E-state index in [-0.39, 0.29) is 0 Å². The molecule has 0 spiro atoms. The van der Waals surface area contributed by atoms with Gasteiger partial charge in [0.25, 0.3) is 5.91 Å². The molecule has 1 atom stereocenters. The summed E-state index contributed by atoms with van der Waals surface area (Å²) < 4.78 is 0. The van der Waals surface area contributed by atoms with E-state index in [1.165, 1.54) is 0 Å². The molecule has 0 unspecified atom stereocenters. The summed E-state index contributed by atoms with van der Waals surface area (Å²) in [6, 6.07) is 5.44. The molecule has 1 rings (SSSR count). The number of carboxylic acids is 1. The standard InChI is InChI=1S/C11H14N2O3/c1-2-9(11(15)16)13-10(14)7-3-5-8(12)6-4-7/h3-6,9H,2,12H2,1H3,(H,13,14)(H,15,16)/t9-/m0/s1. The van der Waals surface area contributed by atoms with Crippen LogP contribution in [0.3, 0.4) is 0 Å². The van der Waals surface area contributed by atoms with E-state index in [4.69, 9.17) is 10.8 Å². The lowest BCUT2D eigenvalue weighted by Gasteiger charge is -2.12. The molecule has 1 amide bonds. The van der Waals surface area contributed by atoms with Gasteiger partial charge in [0.15, 0.2) is 0 Å². The van der Waals surface area contributed by atoms with E-state index in [1.54, 1.807) is 31.2 Å². The number of benzene rings is 1. The smallest absolute Gasteiger partial charge is 0.326 e. The zero-order chi connectivity index (χ0) is 12.1. The van der Waals surface area contributed by atoms with E-state index in [9.17, 15) is 9.59 Å². The molecular formula is C11H14N2O3. The summed E-state index contributed by atoms with van der Waals surface area (Å²) in [5, 5.41) is 11.2. The van der Waals surface area contributed by atoms with Crippen LogP contribution in [-0.2, 0) is 4.79 Å². The number of nitrogens with one attached hydrogen (secondary N) is 1. The maximum Gasteiger partial charge on any atom is 0.326 e. The van der Waals surface area contributed by atoms with E-state index >= 15 is 0 Å². The van der Waals surface area contributed by atoms with Gasteiger partial charge in [-0.3, -0.25) is 4.79 Å². The van der Waals surface area contributed by atoms with Gasteiger partial charge in [-0.25, -0.2) is 4.79 Å². The van der Waals surface area contributed by atoms with Gasteiger partial charge in [-0.1, -0.05) is 6.92 Å². The molecule has 5 nitrogen and oxygen atoms in total. The Morgan fingerprint density at radius 1 is 1.38 bits per heavy atom. The fourth-order valence-corrected chi connectivity index (χ4v) is 1.21. The predicted octanol–water partition coefficient (Wildman–Crippen LogP) is 0.862. The Balaban J connectivity index is 2.71. The quantitative estimate of drug-likeness (QED) is 0.659. The maximum absolute atomic E-state index is 11.6. The molecule has 0 aliphatic heterocycles. The van der Waals surface area contributed by atoms with Crippen LogP contribution in [0.1, 0.15) is 23.7 Å². The average Bonchev–Trinajstić information content (AvgIpc) is 2.26.